The maximum atomic E-state index is 14.4. The molecule has 4 amide bonds. The Balaban J connectivity index is 0.828. The summed E-state index contributed by atoms with van der Waals surface area (Å²) in [6.07, 6.45) is -1.32. The van der Waals surface area contributed by atoms with Gasteiger partial charge in [-0.3, -0.25) is 28.7 Å². The third kappa shape index (κ3) is 10.7. The molecular formula is C54H58ClN9O7S2. The number of furan rings is 1. The van der Waals surface area contributed by atoms with E-state index in [4.69, 9.17) is 25.7 Å². The average molecular weight is 1040 g/mol. The minimum absolute atomic E-state index is 0.0137. The van der Waals surface area contributed by atoms with Gasteiger partial charge < -0.3 is 35.1 Å². The highest BCUT2D eigenvalue weighted by Gasteiger charge is 2.45. The number of aliphatic hydroxyl groups excluding tert-OH is 1. The lowest BCUT2D eigenvalue weighted by atomic mass is 9.85. The van der Waals surface area contributed by atoms with E-state index < -0.39 is 53.5 Å². The number of aliphatic imine (C=N–C) groups is 1. The number of thiophene rings is 1. The normalized spacial score (nSPS) is 17.8. The van der Waals surface area contributed by atoms with E-state index in [9.17, 15) is 24.3 Å². The zero-order valence-electron chi connectivity index (χ0n) is 42.1. The molecule has 9 rings (SSSR count). The predicted octanol–water partition coefficient (Wildman–Crippen LogP) is 8.94. The van der Waals surface area contributed by atoms with Crippen LogP contribution in [0.4, 0.5) is 0 Å². The minimum Gasteiger partial charge on any atom is -0.489 e. The lowest BCUT2D eigenvalue weighted by Gasteiger charge is -2.35. The van der Waals surface area contributed by atoms with E-state index in [1.807, 2.05) is 107 Å². The number of β-amino-alcohol motifs (C(OH)–C–C–N with tert-alkyl or cyclic N) is 1. The predicted molar refractivity (Wildman–Crippen MR) is 283 cm³/mol. The SMILES string of the molecule is Cc1ncsc1-c1ccc([C@H](C)NC(=O)[C@@H]2C[C@@H](O)CN2C(=O)C(NC(=O)c2cc3ccc(O[C@@H](C)CNC(=O)C[C@@H]4N=C(c5ccc(Cl)cc5)c5c(sc(C)c5C)-n5c(C)nnc54)cc3o2)C(C)(C)C)cc1. The number of likely N-dealkylation sites (tertiary alicyclic amines) is 1. The Morgan fingerprint density at radius 1 is 0.945 bits per heavy atom. The van der Waals surface area contributed by atoms with Gasteiger partial charge in [0.1, 0.15) is 46.4 Å². The fourth-order valence-corrected chi connectivity index (χ4v) is 11.5. The van der Waals surface area contributed by atoms with Crippen LogP contribution in [0.2, 0.25) is 5.02 Å². The number of aryl methyl sites for hydroxylation is 3. The van der Waals surface area contributed by atoms with Crippen LogP contribution in [0.1, 0.15) is 115 Å². The van der Waals surface area contributed by atoms with Gasteiger partial charge in [0.2, 0.25) is 17.7 Å². The summed E-state index contributed by atoms with van der Waals surface area (Å²) in [5.74, 6) is -0.0566. The number of hydrogen-bond donors (Lipinski definition) is 4. The van der Waals surface area contributed by atoms with E-state index in [1.165, 1.54) is 4.90 Å². The highest BCUT2D eigenvalue weighted by Crippen LogP contribution is 2.40. The van der Waals surface area contributed by atoms with E-state index in [0.717, 1.165) is 54.0 Å². The number of carbonyl (C=O) groups is 4. The van der Waals surface area contributed by atoms with Crippen LogP contribution in [0.15, 0.2) is 87.7 Å². The molecule has 73 heavy (non-hydrogen) atoms. The number of benzene rings is 3. The number of halogens is 1. The van der Waals surface area contributed by atoms with Gasteiger partial charge in [-0.2, -0.15) is 0 Å². The van der Waals surface area contributed by atoms with Crippen LogP contribution in [0.25, 0.3) is 26.4 Å². The number of aromatic nitrogens is 4. The van der Waals surface area contributed by atoms with Crippen LogP contribution in [0.5, 0.6) is 5.75 Å². The number of ether oxygens (including phenoxy) is 1. The fraction of sp³-hybridized carbons (Fsp3) is 0.370. The average Bonchev–Trinajstić information content (AvgIpc) is 4.19. The summed E-state index contributed by atoms with van der Waals surface area (Å²) < 4.78 is 14.3. The molecule has 2 aliphatic rings. The Morgan fingerprint density at radius 2 is 1.67 bits per heavy atom. The summed E-state index contributed by atoms with van der Waals surface area (Å²) in [5.41, 5.74) is 7.98. The maximum Gasteiger partial charge on any atom is 0.287 e. The molecule has 19 heteroatoms. The topological polar surface area (TPSA) is 206 Å². The largest absolute Gasteiger partial charge is 0.489 e. The summed E-state index contributed by atoms with van der Waals surface area (Å²) in [6.45, 7) is 17.3. The van der Waals surface area contributed by atoms with Crippen LogP contribution in [0, 0.1) is 33.1 Å². The molecule has 3 aromatic carbocycles. The number of fused-ring (bicyclic) bond motifs is 4. The van der Waals surface area contributed by atoms with Crippen LogP contribution in [-0.2, 0) is 14.4 Å². The third-order valence-corrected chi connectivity index (χ3v) is 15.8. The molecular weight excluding hydrogens is 986 g/mol. The van der Waals surface area contributed by atoms with Crippen molar-refractivity contribution in [1.29, 1.82) is 0 Å². The Kier molecular flexibility index (Phi) is 14.5. The molecule has 0 saturated carbocycles. The van der Waals surface area contributed by atoms with Gasteiger partial charge in [0.15, 0.2) is 11.6 Å². The lowest BCUT2D eigenvalue weighted by Crippen LogP contribution is -2.57. The summed E-state index contributed by atoms with van der Waals surface area (Å²) >= 11 is 9.48. The first-order valence-electron chi connectivity index (χ1n) is 24.2. The third-order valence-electron chi connectivity index (χ3n) is 13.4. The van der Waals surface area contributed by atoms with Crippen molar-refractivity contribution < 1.29 is 33.4 Å². The van der Waals surface area contributed by atoms with E-state index in [-0.39, 0.29) is 43.6 Å². The van der Waals surface area contributed by atoms with Gasteiger partial charge in [-0.1, -0.05) is 68.8 Å². The zero-order valence-corrected chi connectivity index (χ0v) is 44.5. The van der Waals surface area contributed by atoms with Gasteiger partial charge >= 0.3 is 0 Å². The van der Waals surface area contributed by atoms with Crippen molar-refractivity contribution in [2.45, 2.75) is 112 Å². The monoisotopic (exact) mass is 1040 g/mol. The van der Waals surface area contributed by atoms with Crippen LogP contribution < -0.4 is 20.7 Å². The molecule has 1 unspecified atom stereocenters. The molecule has 0 spiro atoms. The van der Waals surface area contributed by atoms with Crippen molar-refractivity contribution in [3.63, 3.8) is 0 Å². The number of hydrogen-bond acceptors (Lipinski definition) is 13. The van der Waals surface area contributed by atoms with Crippen molar-refractivity contribution >= 4 is 74.6 Å². The second-order valence-electron chi connectivity index (χ2n) is 19.9. The summed E-state index contributed by atoms with van der Waals surface area (Å²) in [4.78, 5) is 68.9. The summed E-state index contributed by atoms with van der Waals surface area (Å²) in [7, 11) is 0. The van der Waals surface area contributed by atoms with Crippen molar-refractivity contribution in [2.24, 2.45) is 10.4 Å². The second-order valence-corrected chi connectivity index (χ2v) is 22.4. The lowest BCUT2D eigenvalue weighted by molar-refractivity contribution is -0.142. The Hall–Kier alpha value is -6.73. The number of aliphatic hydroxyl groups is 1. The Morgan fingerprint density at radius 3 is 2.37 bits per heavy atom. The number of amides is 4. The van der Waals surface area contributed by atoms with E-state index >= 15 is 0 Å². The summed E-state index contributed by atoms with van der Waals surface area (Å²) in [6, 6.07) is 19.2. The van der Waals surface area contributed by atoms with Gasteiger partial charge in [0.25, 0.3) is 5.91 Å². The van der Waals surface area contributed by atoms with Gasteiger partial charge in [-0.05, 0) is 94.0 Å². The van der Waals surface area contributed by atoms with Crippen molar-refractivity contribution in [3.8, 4) is 21.2 Å². The number of carbonyl (C=O) groups excluding carboxylic acids is 4. The maximum absolute atomic E-state index is 14.4. The molecule has 1 saturated heterocycles. The smallest absolute Gasteiger partial charge is 0.287 e. The van der Waals surface area contributed by atoms with Crippen LogP contribution >= 0.6 is 34.3 Å². The molecule has 0 aliphatic carbocycles. The van der Waals surface area contributed by atoms with Gasteiger partial charge in [0, 0.05) is 45.4 Å². The number of thiazole rings is 1. The highest BCUT2D eigenvalue weighted by molar-refractivity contribution is 7.15. The molecule has 1 fully saturated rings. The van der Waals surface area contributed by atoms with Crippen molar-refractivity contribution in [2.75, 3.05) is 13.1 Å². The molecule has 16 nitrogen and oxygen atoms in total. The molecule has 6 heterocycles. The standard InChI is InChI=1S/C54H58ClN9O7S2/c1-27(24-56-44(66)23-40-49-62-61-32(6)64(49)53-45(28(2)31(5)73-53)46(59-40)34-14-17-37(55)18-15-34)70-39-19-16-36-20-43(71-42(36)22-39)51(68)60-48(54(7,8)9)52(69)63-25-38(65)21-41(63)50(67)58-29(3)33-10-12-35(13-11-33)47-30(4)57-26-72-47/h10-20,22,26-27,29,38,40-41,48,65H,21,23-25H2,1-9H3,(H,56,66)(H,58,67)(H,60,68)/t27-,29-,38+,40-,41-,48?/m0/s1. The Labute approximate surface area is 436 Å². The molecule has 4 aromatic heterocycles. The Bertz CT molecular complexity index is 3260. The molecule has 2 aliphatic heterocycles. The highest BCUT2D eigenvalue weighted by atomic mass is 35.5. The minimum atomic E-state index is -1.08. The van der Waals surface area contributed by atoms with Gasteiger partial charge in [-0.15, -0.1) is 32.9 Å². The first-order chi connectivity index (χ1) is 34.7. The first kappa shape index (κ1) is 51.2. The number of nitrogens with zero attached hydrogens (tertiary/aromatic N) is 6. The van der Waals surface area contributed by atoms with Crippen LogP contribution in [0.3, 0.4) is 0 Å². The molecule has 0 bridgehead atoms. The molecule has 6 atom stereocenters. The van der Waals surface area contributed by atoms with E-state index in [0.29, 0.717) is 33.4 Å². The molecule has 4 N–H and O–H groups in total. The van der Waals surface area contributed by atoms with Gasteiger partial charge in [-0.25, -0.2) is 4.98 Å². The number of rotatable bonds is 14. The zero-order chi connectivity index (χ0) is 52.0. The fourth-order valence-electron chi connectivity index (χ4n) is 9.33. The second kappa shape index (κ2) is 20.6. The summed E-state index contributed by atoms with van der Waals surface area (Å²) in [5, 5.41) is 30.8. The molecule has 380 valence electrons. The number of nitrogens with one attached hydrogen (secondary N) is 3. The van der Waals surface area contributed by atoms with E-state index in [2.05, 4.69) is 45.0 Å². The quantitative estimate of drug-likeness (QED) is 0.0814. The molecule has 7 aromatic rings. The first-order valence-corrected chi connectivity index (χ1v) is 26.2. The van der Waals surface area contributed by atoms with Gasteiger partial charge in [0.05, 0.1) is 46.9 Å². The molecule has 0 radical (unpaired) electrons. The van der Waals surface area contributed by atoms with E-state index in [1.54, 1.807) is 46.9 Å². The van der Waals surface area contributed by atoms with Crippen LogP contribution in [-0.4, -0.2) is 96.5 Å². The van der Waals surface area contributed by atoms with Crippen molar-refractivity contribution in [1.82, 2.24) is 40.6 Å². The van der Waals surface area contributed by atoms with Crippen molar-refractivity contribution in [3.05, 3.63) is 134 Å².